The van der Waals surface area contributed by atoms with Crippen LogP contribution in [-0.4, -0.2) is 79.5 Å². The Morgan fingerprint density at radius 3 is 2.70 bits per heavy atom. The number of benzene rings is 2. The summed E-state index contributed by atoms with van der Waals surface area (Å²) in [6, 6.07) is 17.0. The Hall–Kier alpha value is -2.51. The molecule has 3 heterocycles. The molecule has 0 amide bonds. The number of nitrogens with zero attached hydrogens (tertiary/aromatic N) is 5. The summed E-state index contributed by atoms with van der Waals surface area (Å²) in [7, 11) is 1.72. The molecule has 0 aliphatic carbocycles. The maximum atomic E-state index is 5.38. The van der Waals surface area contributed by atoms with Crippen molar-refractivity contribution in [2.45, 2.75) is 6.04 Å². The first-order valence-corrected chi connectivity index (χ1v) is 11.7. The molecule has 7 heteroatoms. The topological polar surface area (TPSA) is 43.7 Å². The van der Waals surface area contributed by atoms with Crippen molar-refractivity contribution in [3.8, 4) is 5.75 Å². The highest BCUT2D eigenvalue weighted by Crippen LogP contribution is 2.32. The molecule has 3 aliphatic heterocycles. The fourth-order valence-electron chi connectivity index (χ4n) is 4.44. The summed E-state index contributed by atoms with van der Waals surface area (Å²) in [6.45, 7) is 6.08. The molecule has 5 rings (SSSR count). The van der Waals surface area contributed by atoms with Crippen LogP contribution < -0.4 is 9.64 Å². The number of hydrogen-bond acceptors (Lipinski definition) is 7. The van der Waals surface area contributed by atoms with Gasteiger partial charge in [0.2, 0.25) is 0 Å². The SMILES string of the molecule is COc1cccc(N2CCN(CC3CN4C(SC)=Nc5ccccc5C4=N3)CC2)c1. The van der Waals surface area contributed by atoms with Crippen molar-refractivity contribution in [2.75, 3.05) is 57.5 Å². The molecule has 156 valence electrons. The maximum absolute atomic E-state index is 5.38. The van der Waals surface area contributed by atoms with Gasteiger partial charge in [-0.05, 0) is 30.5 Å². The molecule has 1 fully saturated rings. The van der Waals surface area contributed by atoms with Crippen LogP contribution in [-0.2, 0) is 0 Å². The van der Waals surface area contributed by atoms with Crippen molar-refractivity contribution in [3.05, 3.63) is 54.1 Å². The number of hydrogen-bond donors (Lipinski definition) is 0. The van der Waals surface area contributed by atoms with Gasteiger partial charge in [-0.2, -0.15) is 0 Å². The van der Waals surface area contributed by atoms with E-state index in [1.54, 1.807) is 18.9 Å². The van der Waals surface area contributed by atoms with E-state index in [1.807, 2.05) is 12.1 Å². The van der Waals surface area contributed by atoms with Crippen LogP contribution in [0, 0.1) is 0 Å². The number of para-hydroxylation sites is 1. The third-order valence-corrected chi connectivity index (χ3v) is 6.66. The summed E-state index contributed by atoms with van der Waals surface area (Å²) in [4.78, 5) is 17.2. The Bertz CT molecular complexity index is 983. The smallest absolute Gasteiger partial charge is 0.169 e. The molecular formula is C23H27N5OS. The van der Waals surface area contributed by atoms with Crippen LogP contribution in [0.15, 0.2) is 58.5 Å². The van der Waals surface area contributed by atoms with Gasteiger partial charge in [0.25, 0.3) is 0 Å². The number of thioether (sulfide) groups is 1. The molecule has 6 nitrogen and oxygen atoms in total. The lowest BCUT2D eigenvalue weighted by atomic mass is 10.1. The van der Waals surface area contributed by atoms with Crippen LogP contribution in [0.4, 0.5) is 11.4 Å². The Balaban J connectivity index is 1.24. The van der Waals surface area contributed by atoms with E-state index in [1.165, 1.54) is 5.69 Å². The van der Waals surface area contributed by atoms with E-state index in [0.29, 0.717) is 0 Å². The van der Waals surface area contributed by atoms with Crippen LogP contribution in [0.5, 0.6) is 5.75 Å². The molecule has 1 saturated heterocycles. The molecule has 0 spiro atoms. The number of methoxy groups -OCH3 is 1. The molecule has 3 aliphatic rings. The molecule has 30 heavy (non-hydrogen) atoms. The summed E-state index contributed by atoms with van der Waals surface area (Å²) in [6.07, 6.45) is 2.09. The molecule has 1 atom stereocenters. The van der Waals surface area contributed by atoms with Crippen LogP contribution in [0.25, 0.3) is 0 Å². The monoisotopic (exact) mass is 421 g/mol. The van der Waals surface area contributed by atoms with E-state index in [2.05, 4.69) is 57.4 Å². The Morgan fingerprint density at radius 1 is 1.07 bits per heavy atom. The van der Waals surface area contributed by atoms with Crippen LogP contribution in [0.1, 0.15) is 5.56 Å². The van der Waals surface area contributed by atoms with Crippen molar-refractivity contribution >= 4 is 34.1 Å². The lowest BCUT2D eigenvalue weighted by Crippen LogP contribution is -2.49. The zero-order valence-corrected chi connectivity index (χ0v) is 18.3. The highest BCUT2D eigenvalue weighted by Gasteiger charge is 2.34. The molecule has 0 bridgehead atoms. The molecular weight excluding hydrogens is 394 g/mol. The zero-order chi connectivity index (χ0) is 20.5. The predicted octanol–water partition coefficient (Wildman–Crippen LogP) is 3.31. The van der Waals surface area contributed by atoms with E-state index in [4.69, 9.17) is 14.7 Å². The first-order chi connectivity index (χ1) is 14.7. The second-order valence-corrected chi connectivity index (χ2v) is 8.60. The maximum Gasteiger partial charge on any atom is 0.169 e. The van der Waals surface area contributed by atoms with Gasteiger partial charge < -0.3 is 14.5 Å². The Kier molecular flexibility index (Phi) is 5.39. The predicted molar refractivity (Wildman–Crippen MR) is 126 cm³/mol. The highest BCUT2D eigenvalue weighted by molar-refractivity contribution is 8.13. The van der Waals surface area contributed by atoms with Gasteiger partial charge in [-0.15, -0.1) is 0 Å². The van der Waals surface area contributed by atoms with Gasteiger partial charge in [-0.25, -0.2) is 4.99 Å². The second-order valence-electron chi connectivity index (χ2n) is 7.82. The average Bonchev–Trinajstić information content (AvgIpc) is 3.23. The van der Waals surface area contributed by atoms with Gasteiger partial charge in [0.15, 0.2) is 5.17 Å². The first-order valence-electron chi connectivity index (χ1n) is 10.4. The van der Waals surface area contributed by atoms with Crippen molar-refractivity contribution in [3.63, 3.8) is 0 Å². The molecule has 1 unspecified atom stereocenters. The molecule has 2 aromatic rings. The fourth-order valence-corrected chi connectivity index (χ4v) is 5.01. The number of rotatable bonds is 4. The lowest BCUT2D eigenvalue weighted by Gasteiger charge is -2.37. The average molecular weight is 422 g/mol. The van der Waals surface area contributed by atoms with Crippen molar-refractivity contribution in [2.24, 2.45) is 9.98 Å². The van der Waals surface area contributed by atoms with Crippen molar-refractivity contribution in [1.29, 1.82) is 0 Å². The Labute approximate surface area is 182 Å². The van der Waals surface area contributed by atoms with Gasteiger partial charge in [0.05, 0.1) is 25.4 Å². The fraction of sp³-hybridized carbons (Fsp3) is 0.391. The molecule has 2 aromatic carbocycles. The zero-order valence-electron chi connectivity index (χ0n) is 17.5. The number of piperazine rings is 1. The van der Waals surface area contributed by atoms with Crippen LogP contribution in [0.3, 0.4) is 0 Å². The van der Waals surface area contributed by atoms with Crippen LogP contribution in [0.2, 0.25) is 0 Å². The second kappa shape index (κ2) is 8.32. The summed E-state index contributed by atoms with van der Waals surface area (Å²) in [5.74, 6) is 2.00. The third-order valence-electron chi connectivity index (χ3n) is 5.99. The van der Waals surface area contributed by atoms with Crippen molar-refractivity contribution < 1.29 is 4.74 Å². The summed E-state index contributed by atoms with van der Waals surface area (Å²) >= 11 is 1.70. The normalized spacial score (nSPS) is 21.1. The first kappa shape index (κ1) is 19.5. The van der Waals surface area contributed by atoms with Gasteiger partial charge in [-0.1, -0.05) is 30.0 Å². The minimum absolute atomic E-state index is 0.284. The molecule has 0 aromatic heterocycles. The number of amidine groups is 2. The van der Waals surface area contributed by atoms with E-state index < -0.39 is 0 Å². The molecule has 0 saturated carbocycles. The van der Waals surface area contributed by atoms with E-state index >= 15 is 0 Å². The van der Waals surface area contributed by atoms with E-state index in [9.17, 15) is 0 Å². The van der Waals surface area contributed by atoms with E-state index in [-0.39, 0.29) is 6.04 Å². The molecule has 0 radical (unpaired) electrons. The van der Waals surface area contributed by atoms with Crippen LogP contribution >= 0.6 is 11.8 Å². The largest absolute Gasteiger partial charge is 0.497 e. The highest BCUT2D eigenvalue weighted by atomic mass is 32.2. The van der Waals surface area contributed by atoms with Gasteiger partial charge in [0, 0.05) is 50.0 Å². The summed E-state index contributed by atoms with van der Waals surface area (Å²) in [5.41, 5.74) is 3.43. The number of fused-ring (bicyclic) bond motifs is 3. The standard InChI is InChI=1S/C23H27N5OS/c1-29-19-7-5-6-18(14-19)27-12-10-26(11-13-27)15-17-16-28-22(24-17)20-8-3-4-9-21(20)25-23(28)30-2/h3-9,14,17H,10-13,15-16H2,1-2H3. The quantitative estimate of drug-likeness (QED) is 0.758. The minimum atomic E-state index is 0.284. The number of anilines is 1. The third kappa shape index (κ3) is 3.68. The van der Waals surface area contributed by atoms with E-state index in [0.717, 1.165) is 67.3 Å². The Morgan fingerprint density at radius 2 is 1.90 bits per heavy atom. The lowest BCUT2D eigenvalue weighted by molar-refractivity contribution is 0.242. The van der Waals surface area contributed by atoms with Crippen molar-refractivity contribution in [1.82, 2.24) is 9.80 Å². The summed E-state index contributed by atoms with van der Waals surface area (Å²) < 4.78 is 5.38. The minimum Gasteiger partial charge on any atom is -0.497 e. The summed E-state index contributed by atoms with van der Waals surface area (Å²) in [5, 5.41) is 1.05. The number of ether oxygens (including phenoxy) is 1. The number of aliphatic imine (C=N–C) groups is 2. The van der Waals surface area contributed by atoms with Gasteiger partial charge >= 0.3 is 0 Å². The molecule has 0 N–H and O–H groups in total. The van der Waals surface area contributed by atoms with Gasteiger partial charge in [0.1, 0.15) is 11.6 Å². The van der Waals surface area contributed by atoms with Gasteiger partial charge in [-0.3, -0.25) is 9.89 Å².